The molecule has 0 saturated carbocycles. The van der Waals surface area contributed by atoms with Crippen molar-refractivity contribution in [1.82, 2.24) is 5.32 Å². The van der Waals surface area contributed by atoms with Crippen LogP contribution in [0.1, 0.15) is 80.4 Å². The molecule has 2 N–H and O–H groups in total. The Morgan fingerprint density at radius 3 is 2.86 bits per heavy atom. The minimum absolute atomic E-state index is 0.102. The van der Waals surface area contributed by atoms with Crippen LogP contribution in [-0.2, 0) is 40.1 Å². The molecule has 2 atom stereocenters. The molecule has 0 fully saturated rings. The van der Waals surface area contributed by atoms with Crippen molar-refractivity contribution in [2.45, 2.75) is 90.3 Å². The third kappa shape index (κ3) is 7.06. The molecule has 1 aliphatic heterocycles. The van der Waals surface area contributed by atoms with Gasteiger partial charge in [-0.05, 0) is 79.8 Å². The number of hydrogen-bond acceptors (Lipinski definition) is 6. The fourth-order valence-corrected chi connectivity index (χ4v) is 4.93. The van der Waals surface area contributed by atoms with Crippen LogP contribution >= 0.6 is 0 Å². The van der Waals surface area contributed by atoms with Crippen molar-refractivity contribution < 1.29 is 24.1 Å². The largest absolute Gasteiger partial charge is 0.466 e. The minimum atomic E-state index is -0.617. The third-order valence-corrected chi connectivity index (χ3v) is 6.90. The summed E-state index contributed by atoms with van der Waals surface area (Å²) in [6.07, 6.45) is 5.83. The second kappa shape index (κ2) is 11.5. The van der Waals surface area contributed by atoms with Gasteiger partial charge in [0.2, 0.25) is 5.79 Å². The Bertz CT molecular complexity index is 1020. The number of ether oxygens (including phenoxy) is 3. The lowest BCUT2D eigenvalue weighted by molar-refractivity contribution is -0.180. The highest BCUT2D eigenvalue weighted by molar-refractivity contribution is 5.69. The summed E-state index contributed by atoms with van der Waals surface area (Å²) in [5.74, 6) is 0.106. The highest BCUT2D eigenvalue weighted by Gasteiger charge is 2.28. The van der Waals surface area contributed by atoms with E-state index < -0.39 is 11.9 Å². The fraction of sp³-hybridized carbons (Fsp3) is 0.552. The van der Waals surface area contributed by atoms with Crippen molar-refractivity contribution >= 4 is 5.97 Å². The van der Waals surface area contributed by atoms with E-state index >= 15 is 0 Å². The van der Waals surface area contributed by atoms with E-state index in [1.165, 1.54) is 16.7 Å². The van der Waals surface area contributed by atoms with Crippen LogP contribution < -0.4 is 10.1 Å². The maximum Gasteiger partial charge on any atom is 0.305 e. The molecule has 2 aromatic carbocycles. The molecule has 1 heterocycles. The van der Waals surface area contributed by atoms with Crippen LogP contribution in [0.25, 0.3) is 0 Å². The fourth-order valence-electron chi connectivity index (χ4n) is 4.93. The predicted molar refractivity (Wildman–Crippen MR) is 135 cm³/mol. The summed E-state index contributed by atoms with van der Waals surface area (Å²) < 4.78 is 16.6. The molecule has 6 heteroatoms. The highest BCUT2D eigenvalue weighted by atomic mass is 16.7. The van der Waals surface area contributed by atoms with Crippen LogP contribution in [-0.4, -0.2) is 36.1 Å². The number of fused-ring (bicyclic) bond motifs is 2. The first-order chi connectivity index (χ1) is 16.8. The molecule has 6 nitrogen and oxygen atoms in total. The van der Waals surface area contributed by atoms with E-state index in [0.717, 1.165) is 55.4 Å². The molecular formula is C29H39NO5. The summed E-state index contributed by atoms with van der Waals surface area (Å²) in [6, 6.07) is 13.0. The molecule has 2 aliphatic rings. The van der Waals surface area contributed by atoms with Gasteiger partial charge < -0.3 is 24.6 Å². The van der Waals surface area contributed by atoms with Gasteiger partial charge in [0, 0.05) is 38.4 Å². The maximum absolute atomic E-state index is 11.5. The van der Waals surface area contributed by atoms with Crippen molar-refractivity contribution in [3.05, 3.63) is 64.2 Å². The molecule has 0 spiro atoms. The second-order valence-corrected chi connectivity index (χ2v) is 10.1. The Labute approximate surface area is 209 Å². The number of rotatable bonds is 10. The average molecular weight is 482 g/mol. The molecule has 190 valence electrons. The number of nitrogens with one attached hydrogen (secondary N) is 1. The number of carbonyl (C=O) groups excluding carboxylic acids is 1. The van der Waals surface area contributed by atoms with Gasteiger partial charge in [-0.3, -0.25) is 4.79 Å². The van der Waals surface area contributed by atoms with Crippen LogP contribution in [0.5, 0.6) is 5.75 Å². The maximum atomic E-state index is 11.5. The zero-order valence-electron chi connectivity index (χ0n) is 21.3. The topological polar surface area (TPSA) is 77.0 Å². The van der Waals surface area contributed by atoms with Gasteiger partial charge in [0.15, 0.2) is 0 Å². The number of hydrogen-bond donors (Lipinski definition) is 2. The van der Waals surface area contributed by atoms with E-state index in [-0.39, 0.29) is 5.97 Å². The molecule has 2 aromatic rings. The lowest BCUT2D eigenvalue weighted by atomic mass is 9.86. The van der Waals surface area contributed by atoms with Crippen LogP contribution in [0.15, 0.2) is 36.4 Å². The molecule has 0 saturated heterocycles. The quantitative estimate of drug-likeness (QED) is 0.375. The zero-order chi connectivity index (χ0) is 24.8. The minimum Gasteiger partial charge on any atom is -0.466 e. The Hall–Kier alpha value is -2.41. The molecule has 0 aromatic heterocycles. The first-order valence-corrected chi connectivity index (χ1v) is 13.0. The Balaban J connectivity index is 1.26. The standard InChI is InChI=1S/C29H39NO5/c1-4-33-28(32)8-6-5-7-20-9-10-21-11-13-25(17-23(21)15-20)30-18-26(31)22-12-14-27-24(16-22)19-34-29(2,3)35-27/h9-10,12,14-16,25-26,30-31H,4-8,11,13,17-19H2,1-3H3/t25-,26?/m0/s1. The number of unbranched alkanes of at least 4 members (excludes halogenated alkanes) is 1. The SMILES string of the molecule is CCOC(=O)CCCCc1ccc2c(c1)C[C@@H](NCC(O)c1ccc3c(c1)COC(C)(C)O3)CC2. The molecule has 1 unspecified atom stereocenters. The summed E-state index contributed by atoms with van der Waals surface area (Å²) in [4.78, 5) is 11.5. The number of carbonyl (C=O) groups is 1. The number of esters is 1. The molecule has 1 aliphatic carbocycles. The first kappa shape index (κ1) is 25.7. The predicted octanol–water partition coefficient (Wildman–Crippen LogP) is 4.79. The smallest absolute Gasteiger partial charge is 0.305 e. The second-order valence-electron chi connectivity index (χ2n) is 10.1. The number of aliphatic hydroxyl groups is 1. The number of aliphatic hydroxyl groups excluding tert-OH is 1. The van der Waals surface area contributed by atoms with Gasteiger partial charge in [0.25, 0.3) is 0 Å². The summed E-state index contributed by atoms with van der Waals surface area (Å²) >= 11 is 0. The molecule has 4 rings (SSSR count). The van der Waals surface area contributed by atoms with Gasteiger partial charge in [-0.15, -0.1) is 0 Å². The summed E-state index contributed by atoms with van der Waals surface area (Å²) in [6.45, 7) is 7.10. The first-order valence-electron chi connectivity index (χ1n) is 13.0. The zero-order valence-corrected chi connectivity index (χ0v) is 21.3. The van der Waals surface area contributed by atoms with E-state index in [9.17, 15) is 9.90 Å². The van der Waals surface area contributed by atoms with E-state index in [0.29, 0.717) is 32.2 Å². The van der Waals surface area contributed by atoms with Crippen LogP contribution in [0.4, 0.5) is 0 Å². The van der Waals surface area contributed by atoms with Crippen molar-refractivity contribution in [3.63, 3.8) is 0 Å². The third-order valence-electron chi connectivity index (χ3n) is 6.90. The monoisotopic (exact) mass is 481 g/mol. The van der Waals surface area contributed by atoms with Gasteiger partial charge in [0.1, 0.15) is 5.75 Å². The van der Waals surface area contributed by atoms with E-state index in [4.69, 9.17) is 14.2 Å². The normalized spacial score (nSPS) is 19.3. The lowest BCUT2D eigenvalue weighted by Crippen LogP contribution is -2.37. The summed E-state index contributed by atoms with van der Waals surface area (Å²) in [5.41, 5.74) is 6.01. The van der Waals surface area contributed by atoms with Crippen LogP contribution in [0, 0.1) is 0 Å². The van der Waals surface area contributed by atoms with Crippen LogP contribution in [0.2, 0.25) is 0 Å². The average Bonchev–Trinajstić information content (AvgIpc) is 2.84. The summed E-state index contributed by atoms with van der Waals surface area (Å²) in [7, 11) is 0. The molecule has 0 bridgehead atoms. The van der Waals surface area contributed by atoms with Gasteiger partial charge in [0.05, 0.1) is 19.3 Å². The van der Waals surface area contributed by atoms with E-state index in [1.54, 1.807) is 0 Å². The Morgan fingerprint density at radius 1 is 1.17 bits per heavy atom. The lowest BCUT2D eigenvalue weighted by Gasteiger charge is -2.33. The summed E-state index contributed by atoms with van der Waals surface area (Å²) in [5, 5.41) is 14.4. The highest BCUT2D eigenvalue weighted by Crippen LogP contribution is 2.33. The van der Waals surface area contributed by atoms with Gasteiger partial charge >= 0.3 is 5.97 Å². The molecular weight excluding hydrogens is 442 g/mol. The van der Waals surface area contributed by atoms with Crippen molar-refractivity contribution in [2.75, 3.05) is 13.2 Å². The van der Waals surface area contributed by atoms with Gasteiger partial charge in [-0.1, -0.05) is 24.3 Å². The number of aryl methyl sites for hydroxylation is 2. The van der Waals surface area contributed by atoms with E-state index in [1.807, 2.05) is 39.0 Å². The molecule has 0 amide bonds. The van der Waals surface area contributed by atoms with Crippen molar-refractivity contribution in [3.8, 4) is 5.75 Å². The Morgan fingerprint density at radius 2 is 2.03 bits per heavy atom. The van der Waals surface area contributed by atoms with Crippen molar-refractivity contribution in [1.29, 1.82) is 0 Å². The number of benzene rings is 2. The van der Waals surface area contributed by atoms with E-state index in [2.05, 4.69) is 23.5 Å². The Kier molecular flexibility index (Phi) is 8.47. The molecule has 35 heavy (non-hydrogen) atoms. The molecule has 0 radical (unpaired) electrons. The van der Waals surface area contributed by atoms with Gasteiger partial charge in [-0.25, -0.2) is 0 Å². The van der Waals surface area contributed by atoms with Crippen molar-refractivity contribution in [2.24, 2.45) is 0 Å². The van der Waals surface area contributed by atoms with Crippen LogP contribution in [0.3, 0.4) is 0 Å². The van der Waals surface area contributed by atoms with Gasteiger partial charge in [-0.2, -0.15) is 0 Å².